The third-order valence-corrected chi connectivity index (χ3v) is 4.53. The molecule has 2 aromatic heterocycles. The van der Waals surface area contributed by atoms with Crippen LogP contribution in [0, 0.1) is 6.92 Å². The SMILES string of the molecule is CCC(O)c1c(-c2ccc(C(C)(C)C)cc2)nc2ccc(C)cn12. The van der Waals surface area contributed by atoms with Crippen LogP contribution < -0.4 is 0 Å². The van der Waals surface area contributed by atoms with Crippen molar-refractivity contribution in [3.05, 3.63) is 59.4 Å². The Hall–Kier alpha value is -2.13. The molecule has 3 heteroatoms. The molecule has 1 N–H and O–H groups in total. The van der Waals surface area contributed by atoms with Gasteiger partial charge in [0.25, 0.3) is 0 Å². The number of nitrogens with zero attached hydrogens (tertiary/aromatic N) is 2. The Morgan fingerprint density at radius 1 is 1.08 bits per heavy atom. The highest BCUT2D eigenvalue weighted by Crippen LogP contribution is 2.32. The number of imidazole rings is 1. The van der Waals surface area contributed by atoms with Crippen LogP contribution in [0.3, 0.4) is 0 Å². The van der Waals surface area contributed by atoms with Gasteiger partial charge in [-0.15, -0.1) is 0 Å². The van der Waals surface area contributed by atoms with E-state index in [4.69, 9.17) is 4.98 Å². The summed E-state index contributed by atoms with van der Waals surface area (Å²) in [7, 11) is 0. The van der Waals surface area contributed by atoms with Gasteiger partial charge in [-0.2, -0.15) is 0 Å². The molecule has 1 atom stereocenters. The second-order valence-electron chi connectivity index (χ2n) is 7.53. The number of pyridine rings is 1. The molecule has 0 spiro atoms. The highest BCUT2D eigenvalue weighted by molar-refractivity contribution is 5.67. The quantitative estimate of drug-likeness (QED) is 0.732. The summed E-state index contributed by atoms with van der Waals surface area (Å²) in [5.41, 5.74) is 6.24. The maximum absolute atomic E-state index is 10.6. The fourth-order valence-corrected chi connectivity index (χ4v) is 3.02. The van der Waals surface area contributed by atoms with E-state index < -0.39 is 6.10 Å². The zero-order valence-electron chi connectivity index (χ0n) is 15.2. The van der Waals surface area contributed by atoms with Crippen LogP contribution in [0.5, 0.6) is 0 Å². The van der Waals surface area contributed by atoms with E-state index in [1.807, 2.05) is 23.6 Å². The molecule has 0 aliphatic heterocycles. The minimum atomic E-state index is -0.529. The number of benzene rings is 1. The third-order valence-electron chi connectivity index (χ3n) is 4.53. The van der Waals surface area contributed by atoms with E-state index in [1.165, 1.54) is 5.56 Å². The molecule has 3 aromatic rings. The van der Waals surface area contributed by atoms with Crippen molar-refractivity contribution in [2.24, 2.45) is 0 Å². The van der Waals surface area contributed by atoms with E-state index in [0.29, 0.717) is 6.42 Å². The Morgan fingerprint density at radius 3 is 2.33 bits per heavy atom. The van der Waals surface area contributed by atoms with Gasteiger partial charge in [0.1, 0.15) is 5.65 Å². The number of aromatic nitrogens is 2. The summed E-state index contributed by atoms with van der Waals surface area (Å²) in [5.74, 6) is 0. The number of hydrogen-bond acceptors (Lipinski definition) is 2. The van der Waals surface area contributed by atoms with Crippen molar-refractivity contribution in [1.82, 2.24) is 9.38 Å². The maximum Gasteiger partial charge on any atom is 0.137 e. The predicted octanol–water partition coefficient (Wildman–Crippen LogP) is 5.05. The average molecular weight is 322 g/mol. The van der Waals surface area contributed by atoms with E-state index in [2.05, 4.69) is 58.0 Å². The first-order valence-electron chi connectivity index (χ1n) is 8.59. The van der Waals surface area contributed by atoms with E-state index in [9.17, 15) is 5.11 Å². The van der Waals surface area contributed by atoms with Crippen molar-refractivity contribution in [1.29, 1.82) is 0 Å². The van der Waals surface area contributed by atoms with Crippen LogP contribution in [0.1, 0.15) is 57.0 Å². The molecular formula is C21H26N2O. The minimum absolute atomic E-state index is 0.125. The molecule has 0 aliphatic rings. The molecule has 0 amide bonds. The lowest BCUT2D eigenvalue weighted by Gasteiger charge is -2.19. The Labute approximate surface area is 144 Å². The van der Waals surface area contributed by atoms with E-state index >= 15 is 0 Å². The molecule has 1 unspecified atom stereocenters. The van der Waals surface area contributed by atoms with Crippen LogP contribution in [0.15, 0.2) is 42.6 Å². The molecule has 0 saturated carbocycles. The van der Waals surface area contributed by atoms with Gasteiger partial charge in [0.2, 0.25) is 0 Å². The summed E-state index contributed by atoms with van der Waals surface area (Å²) in [6, 6.07) is 12.6. The van der Waals surface area contributed by atoms with Gasteiger partial charge in [-0.25, -0.2) is 4.98 Å². The third kappa shape index (κ3) is 2.96. The fraction of sp³-hybridized carbons (Fsp3) is 0.381. The Morgan fingerprint density at radius 2 is 1.75 bits per heavy atom. The molecule has 126 valence electrons. The zero-order valence-corrected chi connectivity index (χ0v) is 15.2. The molecule has 0 radical (unpaired) electrons. The van der Waals surface area contributed by atoms with Crippen molar-refractivity contribution in [2.45, 2.75) is 52.6 Å². The van der Waals surface area contributed by atoms with E-state index in [0.717, 1.165) is 28.2 Å². The second kappa shape index (κ2) is 6.06. The number of hydrogen-bond donors (Lipinski definition) is 1. The van der Waals surface area contributed by atoms with Crippen molar-refractivity contribution in [2.75, 3.05) is 0 Å². The standard InChI is InChI=1S/C21H26N2O/c1-6-17(24)20-19(22-18-12-7-14(2)13-23(18)20)15-8-10-16(11-9-15)21(3,4)5/h7-13,17,24H,6H2,1-5H3. The molecule has 0 bridgehead atoms. The summed E-state index contributed by atoms with van der Waals surface area (Å²) in [5, 5.41) is 10.6. The van der Waals surface area contributed by atoms with Gasteiger partial charge in [0.05, 0.1) is 17.5 Å². The van der Waals surface area contributed by atoms with Crippen molar-refractivity contribution in [3.63, 3.8) is 0 Å². The molecule has 24 heavy (non-hydrogen) atoms. The lowest BCUT2D eigenvalue weighted by Crippen LogP contribution is -2.10. The van der Waals surface area contributed by atoms with Crippen LogP contribution in [0.2, 0.25) is 0 Å². The number of fused-ring (bicyclic) bond motifs is 1. The van der Waals surface area contributed by atoms with Crippen molar-refractivity contribution >= 4 is 5.65 Å². The highest BCUT2D eigenvalue weighted by atomic mass is 16.3. The normalized spacial score (nSPS) is 13.4. The number of rotatable bonds is 3. The first-order chi connectivity index (χ1) is 11.3. The number of aryl methyl sites for hydroxylation is 1. The van der Waals surface area contributed by atoms with Gasteiger partial charge in [-0.1, -0.05) is 58.0 Å². The maximum atomic E-state index is 10.6. The summed E-state index contributed by atoms with van der Waals surface area (Å²) in [6.07, 6.45) is 2.18. The summed E-state index contributed by atoms with van der Waals surface area (Å²) in [4.78, 5) is 4.79. The van der Waals surface area contributed by atoms with Crippen molar-refractivity contribution in [3.8, 4) is 11.3 Å². The zero-order chi connectivity index (χ0) is 17.5. The molecule has 3 nitrogen and oxygen atoms in total. The molecule has 0 fully saturated rings. The first-order valence-corrected chi connectivity index (χ1v) is 8.59. The number of aliphatic hydroxyl groups is 1. The van der Waals surface area contributed by atoms with Gasteiger partial charge in [0.15, 0.2) is 0 Å². The van der Waals surface area contributed by atoms with Gasteiger partial charge in [-0.3, -0.25) is 0 Å². The van der Waals surface area contributed by atoms with Gasteiger partial charge in [-0.05, 0) is 36.0 Å². The van der Waals surface area contributed by atoms with Crippen molar-refractivity contribution < 1.29 is 5.11 Å². The topological polar surface area (TPSA) is 37.5 Å². The monoisotopic (exact) mass is 322 g/mol. The lowest BCUT2D eigenvalue weighted by atomic mass is 9.86. The molecule has 0 aliphatic carbocycles. The fourth-order valence-electron chi connectivity index (χ4n) is 3.02. The van der Waals surface area contributed by atoms with Crippen LogP contribution in [-0.2, 0) is 5.41 Å². The van der Waals surface area contributed by atoms with Crippen LogP contribution in [0.4, 0.5) is 0 Å². The predicted molar refractivity (Wildman–Crippen MR) is 99.3 cm³/mol. The van der Waals surface area contributed by atoms with E-state index in [-0.39, 0.29) is 5.41 Å². The van der Waals surface area contributed by atoms with Crippen LogP contribution in [0.25, 0.3) is 16.9 Å². The van der Waals surface area contributed by atoms with Gasteiger partial charge >= 0.3 is 0 Å². The first kappa shape index (κ1) is 16.7. The van der Waals surface area contributed by atoms with E-state index in [1.54, 1.807) is 0 Å². The summed E-state index contributed by atoms with van der Waals surface area (Å²) < 4.78 is 2.02. The van der Waals surface area contributed by atoms with Gasteiger partial charge < -0.3 is 9.51 Å². The smallest absolute Gasteiger partial charge is 0.137 e. The summed E-state index contributed by atoms with van der Waals surface area (Å²) >= 11 is 0. The Balaban J connectivity index is 2.18. The Bertz CT molecular complexity index is 854. The van der Waals surface area contributed by atoms with Crippen LogP contribution in [-0.4, -0.2) is 14.5 Å². The molecule has 3 rings (SSSR count). The van der Waals surface area contributed by atoms with Gasteiger partial charge in [0, 0.05) is 11.8 Å². The lowest BCUT2D eigenvalue weighted by molar-refractivity contribution is 0.168. The molecular weight excluding hydrogens is 296 g/mol. The molecule has 2 heterocycles. The minimum Gasteiger partial charge on any atom is -0.387 e. The summed E-state index contributed by atoms with van der Waals surface area (Å²) in [6.45, 7) is 10.7. The number of aliphatic hydroxyl groups excluding tert-OH is 1. The Kier molecular flexibility index (Phi) is 4.22. The van der Waals surface area contributed by atoms with Crippen LogP contribution >= 0.6 is 0 Å². The largest absolute Gasteiger partial charge is 0.387 e. The second-order valence-corrected chi connectivity index (χ2v) is 7.53. The molecule has 0 saturated heterocycles. The molecule has 1 aromatic carbocycles. The average Bonchev–Trinajstić information content (AvgIpc) is 2.92. The highest BCUT2D eigenvalue weighted by Gasteiger charge is 2.20.